The van der Waals surface area contributed by atoms with Crippen LogP contribution >= 0.6 is 0 Å². The summed E-state index contributed by atoms with van der Waals surface area (Å²) in [4.78, 5) is 5.07. The zero-order valence-electron chi connectivity index (χ0n) is 25.9. The van der Waals surface area contributed by atoms with E-state index in [9.17, 15) is 0 Å². The molecule has 1 heterocycles. The number of para-hydroxylation sites is 2. The van der Waals surface area contributed by atoms with Crippen LogP contribution in [0.15, 0.2) is 176 Å². The van der Waals surface area contributed by atoms with Crippen LogP contribution in [0.1, 0.15) is 17.9 Å². The maximum absolute atomic E-state index is 5.07. The van der Waals surface area contributed by atoms with Crippen molar-refractivity contribution in [1.82, 2.24) is 9.55 Å². The largest absolute Gasteiger partial charge is 0.292 e. The smallest absolute Gasteiger partial charge is 0.145 e. The molecule has 1 aromatic heterocycles. The lowest BCUT2D eigenvalue weighted by atomic mass is 9.81. The topological polar surface area (TPSA) is 17.8 Å². The Balaban J connectivity index is 1.28. The van der Waals surface area contributed by atoms with Gasteiger partial charge < -0.3 is 0 Å². The fraction of sp³-hybridized carbons (Fsp3) is 0.0444. The van der Waals surface area contributed by atoms with Gasteiger partial charge in [-0.3, -0.25) is 4.57 Å². The summed E-state index contributed by atoms with van der Waals surface area (Å²) in [5, 5.41) is 5.21. The molecule has 0 aliphatic heterocycles. The molecule has 1 aliphatic rings. The first-order valence-electron chi connectivity index (χ1n) is 16.3. The van der Waals surface area contributed by atoms with Gasteiger partial charge in [0, 0.05) is 17.2 Å². The zero-order valence-corrected chi connectivity index (χ0v) is 25.9. The van der Waals surface area contributed by atoms with Gasteiger partial charge in [-0.2, -0.15) is 0 Å². The van der Waals surface area contributed by atoms with Crippen molar-refractivity contribution in [2.24, 2.45) is 0 Å². The lowest BCUT2D eigenvalue weighted by Gasteiger charge is -2.23. The van der Waals surface area contributed by atoms with Crippen molar-refractivity contribution >= 4 is 32.6 Å². The fourth-order valence-corrected chi connectivity index (χ4v) is 7.37. The van der Waals surface area contributed by atoms with E-state index in [0.29, 0.717) is 5.92 Å². The third-order valence-corrected chi connectivity index (χ3v) is 9.53. The van der Waals surface area contributed by atoms with Crippen LogP contribution in [0.4, 0.5) is 0 Å². The van der Waals surface area contributed by atoms with Gasteiger partial charge in [0.05, 0.1) is 11.0 Å². The number of hydrogen-bond donors (Lipinski definition) is 0. The molecule has 0 saturated carbocycles. The molecular formula is C45H32N2. The molecule has 7 aromatic carbocycles. The molecule has 222 valence electrons. The zero-order chi connectivity index (χ0) is 31.2. The average molecular weight is 601 g/mol. The number of hydrogen-bond acceptors (Lipinski definition) is 1. The molecule has 0 saturated heterocycles. The molecule has 1 atom stereocenters. The van der Waals surface area contributed by atoms with Gasteiger partial charge in [0.25, 0.3) is 0 Å². The van der Waals surface area contributed by atoms with Crippen molar-refractivity contribution in [3.63, 3.8) is 0 Å². The maximum atomic E-state index is 5.07. The Morgan fingerprint density at radius 2 is 1.17 bits per heavy atom. The Bertz CT molecular complexity index is 2470. The van der Waals surface area contributed by atoms with Crippen molar-refractivity contribution < 1.29 is 0 Å². The molecule has 0 fully saturated rings. The van der Waals surface area contributed by atoms with E-state index in [1.54, 1.807) is 0 Å². The first kappa shape index (κ1) is 27.3. The Hall–Kier alpha value is -5.99. The average Bonchev–Trinajstić information content (AvgIpc) is 3.54. The minimum Gasteiger partial charge on any atom is -0.292 e. The van der Waals surface area contributed by atoms with Crippen LogP contribution in [-0.4, -0.2) is 9.55 Å². The number of rotatable bonds is 5. The Kier molecular flexibility index (Phi) is 6.64. The summed E-state index contributed by atoms with van der Waals surface area (Å²) in [7, 11) is 0. The van der Waals surface area contributed by atoms with E-state index in [0.717, 1.165) is 34.5 Å². The quantitative estimate of drug-likeness (QED) is 0.180. The van der Waals surface area contributed by atoms with Gasteiger partial charge in [0.1, 0.15) is 5.82 Å². The van der Waals surface area contributed by atoms with Crippen LogP contribution in [0.3, 0.4) is 0 Å². The van der Waals surface area contributed by atoms with E-state index < -0.39 is 0 Å². The summed E-state index contributed by atoms with van der Waals surface area (Å²) in [6.45, 7) is 0. The lowest BCUT2D eigenvalue weighted by Crippen LogP contribution is -2.01. The third kappa shape index (κ3) is 4.69. The monoisotopic (exact) mass is 600 g/mol. The summed E-state index contributed by atoms with van der Waals surface area (Å²) in [5.74, 6) is 1.28. The lowest BCUT2D eigenvalue weighted by molar-refractivity contribution is 0.870. The molecular weight excluding hydrogens is 569 g/mol. The summed E-state index contributed by atoms with van der Waals surface area (Å²) in [6, 6.07) is 54.7. The fourth-order valence-electron chi connectivity index (χ4n) is 7.37. The van der Waals surface area contributed by atoms with Crippen LogP contribution in [0.5, 0.6) is 0 Å². The molecule has 2 heteroatoms. The van der Waals surface area contributed by atoms with Crippen LogP contribution in [0.2, 0.25) is 0 Å². The summed E-state index contributed by atoms with van der Waals surface area (Å²) < 4.78 is 2.28. The highest BCUT2D eigenvalue weighted by Gasteiger charge is 2.21. The minimum atomic E-state index is 0.331. The van der Waals surface area contributed by atoms with Gasteiger partial charge in [-0.1, -0.05) is 146 Å². The normalized spacial score (nSPS) is 14.3. The van der Waals surface area contributed by atoms with Crippen LogP contribution in [0, 0.1) is 0 Å². The number of fused-ring (bicyclic) bond motifs is 3. The highest BCUT2D eigenvalue weighted by molar-refractivity contribution is 6.16. The Labute approximate surface area is 274 Å². The summed E-state index contributed by atoms with van der Waals surface area (Å²) in [6.07, 6.45) is 10.0. The molecule has 47 heavy (non-hydrogen) atoms. The molecule has 9 rings (SSSR count). The number of nitrogens with zero attached hydrogens (tertiary/aromatic N) is 2. The van der Waals surface area contributed by atoms with E-state index in [2.05, 4.69) is 181 Å². The number of allylic oxidation sites excluding steroid dienone is 4. The second-order valence-electron chi connectivity index (χ2n) is 12.3. The predicted octanol–water partition coefficient (Wildman–Crippen LogP) is 11.9. The van der Waals surface area contributed by atoms with Crippen molar-refractivity contribution in [3.8, 4) is 39.3 Å². The van der Waals surface area contributed by atoms with Gasteiger partial charge in [0.2, 0.25) is 0 Å². The third-order valence-electron chi connectivity index (χ3n) is 9.53. The van der Waals surface area contributed by atoms with Gasteiger partial charge in [-0.25, -0.2) is 4.98 Å². The molecule has 0 amide bonds. The van der Waals surface area contributed by atoms with E-state index in [-0.39, 0.29) is 0 Å². The van der Waals surface area contributed by atoms with Gasteiger partial charge in [-0.15, -0.1) is 0 Å². The van der Waals surface area contributed by atoms with Crippen LogP contribution in [0.25, 0.3) is 71.9 Å². The molecule has 0 radical (unpaired) electrons. The molecule has 1 unspecified atom stereocenters. The minimum absolute atomic E-state index is 0.331. The Morgan fingerprint density at radius 3 is 1.94 bits per heavy atom. The highest BCUT2D eigenvalue weighted by Crippen LogP contribution is 2.45. The van der Waals surface area contributed by atoms with Crippen LogP contribution in [-0.2, 0) is 0 Å². The SMILES string of the molecule is C1=CCC(c2c3ccccc3c(-c3ccc(-n4c(-c5ccccc5)nc5ccccc54)cc3)c3cc(-c4ccccc4)ccc23)C=C1. The number of imidazole rings is 1. The number of benzene rings is 7. The van der Waals surface area contributed by atoms with Gasteiger partial charge >= 0.3 is 0 Å². The molecule has 2 nitrogen and oxygen atoms in total. The predicted molar refractivity (Wildman–Crippen MR) is 198 cm³/mol. The first-order chi connectivity index (χ1) is 23.3. The van der Waals surface area contributed by atoms with Crippen molar-refractivity contribution in [2.75, 3.05) is 0 Å². The summed E-state index contributed by atoms with van der Waals surface area (Å²) in [5.41, 5.74) is 10.6. The first-order valence-corrected chi connectivity index (χ1v) is 16.3. The van der Waals surface area contributed by atoms with E-state index >= 15 is 0 Å². The second-order valence-corrected chi connectivity index (χ2v) is 12.3. The molecule has 8 aromatic rings. The van der Waals surface area contributed by atoms with Crippen molar-refractivity contribution in [3.05, 3.63) is 182 Å². The number of aromatic nitrogens is 2. The molecule has 1 aliphatic carbocycles. The Morgan fingerprint density at radius 1 is 0.511 bits per heavy atom. The molecule has 0 N–H and O–H groups in total. The second kappa shape index (κ2) is 11.4. The van der Waals surface area contributed by atoms with E-state index in [1.807, 2.05) is 0 Å². The standard InChI is InChI=1S/C45H32N2/c1-4-14-31(15-5-1)35-26-29-39-40(30-35)44(38-21-11-10-20-37(38)43(39)32-16-6-2-7-17-32)33-24-27-36(28-25-33)47-42-23-13-12-22-41(42)46-45(47)34-18-8-3-9-19-34/h1-16,18-30,32H,17H2. The van der Waals surface area contributed by atoms with E-state index in [4.69, 9.17) is 4.98 Å². The van der Waals surface area contributed by atoms with Crippen molar-refractivity contribution in [2.45, 2.75) is 12.3 Å². The van der Waals surface area contributed by atoms with Crippen molar-refractivity contribution in [1.29, 1.82) is 0 Å². The van der Waals surface area contributed by atoms with Gasteiger partial charge in [-0.05, 0) is 86.1 Å². The summed E-state index contributed by atoms with van der Waals surface area (Å²) >= 11 is 0. The van der Waals surface area contributed by atoms with E-state index in [1.165, 1.54) is 49.4 Å². The highest BCUT2D eigenvalue weighted by atomic mass is 15.1. The van der Waals surface area contributed by atoms with Gasteiger partial charge in [0.15, 0.2) is 0 Å². The maximum Gasteiger partial charge on any atom is 0.145 e. The molecule has 0 bridgehead atoms. The van der Waals surface area contributed by atoms with Crippen LogP contribution < -0.4 is 0 Å². The molecule has 0 spiro atoms.